The van der Waals surface area contributed by atoms with Crippen LogP contribution in [0.4, 0.5) is 0 Å². The highest BCUT2D eigenvalue weighted by molar-refractivity contribution is 5.76. The fourth-order valence-electron chi connectivity index (χ4n) is 2.96. The number of amides is 2. The van der Waals surface area contributed by atoms with Crippen LogP contribution < -0.4 is 10.1 Å². The Bertz CT molecular complexity index is 537. The Hall–Kier alpha value is -2.04. The van der Waals surface area contributed by atoms with Crippen LogP contribution in [-0.4, -0.2) is 43.5 Å². The van der Waals surface area contributed by atoms with Crippen LogP contribution in [0.2, 0.25) is 0 Å². The lowest BCUT2D eigenvalue weighted by Crippen LogP contribution is -2.40. The van der Waals surface area contributed by atoms with Gasteiger partial charge in [0, 0.05) is 33.0 Å². The topological polar surface area (TPSA) is 58.6 Å². The molecule has 1 fully saturated rings. The first-order chi connectivity index (χ1) is 11.1. The summed E-state index contributed by atoms with van der Waals surface area (Å²) in [6.07, 6.45) is 3.07. The first-order valence-electron chi connectivity index (χ1n) is 8.24. The molecule has 1 N–H and O–H groups in total. The Labute approximate surface area is 138 Å². The molecule has 2 amide bonds. The van der Waals surface area contributed by atoms with E-state index in [1.165, 1.54) is 0 Å². The fourth-order valence-corrected chi connectivity index (χ4v) is 2.96. The normalized spacial score (nSPS) is 15.3. The summed E-state index contributed by atoms with van der Waals surface area (Å²) in [6, 6.07) is 7.79. The van der Waals surface area contributed by atoms with Gasteiger partial charge in [0.1, 0.15) is 5.75 Å². The molecule has 1 aromatic carbocycles. The molecule has 0 bridgehead atoms. The van der Waals surface area contributed by atoms with Crippen LogP contribution in [-0.2, 0) is 16.0 Å². The molecule has 126 valence electrons. The van der Waals surface area contributed by atoms with Crippen molar-refractivity contribution in [2.75, 3.05) is 26.7 Å². The number of nitrogens with zero attached hydrogens (tertiary/aromatic N) is 1. The third kappa shape index (κ3) is 5.27. The maximum Gasteiger partial charge on any atom is 0.220 e. The Morgan fingerprint density at radius 3 is 2.61 bits per heavy atom. The second-order valence-electron chi connectivity index (χ2n) is 6.07. The number of para-hydroxylation sites is 1. The van der Waals surface area contributed by atoms with Gasteiger partial charge in [0.25, 0.3) is 0 Å². The molecular formula is C18H26N2O3. The summed E-state index contributed by atoms with van der Waals surface area (Å²) >= 11 is 0. The van der Waals surface area contributed by atoms with Crippen LogP contribution in [0, 0.1) is 5.92 Å². The number of likely N-dealkylation sites (tertiary alicyclic amines) is 1. The second kappa shape index (κ2) is 8.56. The zero-order valence-electron chi connectivity index (χ0n) is 14.0. The number of hydrogen-bond donors (Lipinski definition) is 1. The fraction of sp³-hybridized carbons (Fsp3) is 0.556. The molecule has 5 heteroatoms. The number of rotatable bonds is 6. The van der Waals surface area contributed by atoms with E-state index in [9.17, 15) is 9.59 Å². The van der Waals surface area contributed by atoms with Crippen molar-refractivity contribution in [3.05, 3.63) is 29.8 Å². The highest BCUT2D eigenvalue weighted by Gasteiger charge is 2.20. The predicted octanol–water partition coefficient (Wildman–Crippen LogP) is 2.00. The van der Waals surface area contributed by atoms with Gasteiger partial charge in [-0.05, 0) is 36.8 Å². The van der Waals surface area contributed by atoms with Crippen LogP contribution in [0.5, 0.6) is 5.75 Å². The monoisotopic (exact) mass is 318 g/mol. The average Bonchev–Trinajstić information content (AvgIpc) is 2.58. The standard InChI is InChI=1S/C18H26N2O3/c1-14(21)20-11-9-15(10-12-20)13-19-18(22)8-7-16-5-3-4-6-17(16)23-2/h3-6,15H,7-13H2,1-2H3,(H,19,22). The van der Waals surface area contributed by atoms with Gasteiger partial charge in [-0.3, -0.25) is 9.59 Å². The quantitative estimate of drug-likeness (QED) is 0.873. The van der Waals surface area contributed by atoms with Gasteiger partial charge in [-0.1, -0.05) is 18.2 Å². The zero-order valence-corrected chi connectivity index (χ0v) is 14.0. The highest BCUT2D eigenvalue weighted by Crippen LogP contribution is 2.19. The Balaban J connectivity index is 1.69. The van der Waals surface area contributed by atoms with E-state index in [2.05, 4.69) is 5.32 Å². The van der Waals surface area contributed by atoms with E-state index in [0.29, 0.717) is 25.3 Å². The van der Waals surface area contributed by atoms with E-state index < -0.39 is 0 Å². The Morgan fingerprint density at radius 2 is 1.96 bits per heavy atom. The smallest absolute Gasteiger partial charge is 0.220 e. The first kappa shape index (κ1) is 17.3. The predicted molar refractivity (Wildman–Crippen MR) is 89.3 cm³/mol. The third-order valence-electron chi connectivity index (χ3n) is 4.46. The van der Waals surface area contributed by atoms with Crippen molar-refractivity contribution >= 4 is 11.8 Å². The van der Waals surface area contributed by atoms with Crippen molar-refractivity contribution in [3.8, 4) is 5.75 Å². The van der Waals surface area contributed by atoms with Gasteiger partial charge >= 0.3 is 0 Å². The van der Waals surface area contributed by atoms with Crippen molar-refractivity contribution in [2.24, 2.45) is 5.92 Å². The molecule has 1 saturated heterocycles. The minimum Gasteiger partial charge on any atom is -0.496 e. The number of ether oxygens (including phenoxy) is 1. The van der Waals surface area contributed by atoms with Crippen LogP contribution >= 0.6 is 0 Å². The number of benzene rings is 1. The summed E-state index contributed by atoms with van der Waals surface area (Å²) in [7, 11) is 1.65. The molecular weight excluding hydrogens is 292 g/mol. The number of nitrogens with one attached hydrogen (secondary N) is 1. The van der Waals surface area contributed by atoms with Crippen molar-refractivity contribution < 1.29 is 14.3 Å². The zero-order chi connectivity index (χ0) is 16.7. The summed E-state index contributed by atoms with van der Waals surface area (Å²) in [5.74, 6) is 1.52. The number of piperidine rings is 1. The van der Waals surface area contributed by atoms with Crippen molar-refractivity contribution in [1.29, 1.82) is 0 Å². The van der Waals surface area contributed by atoms with Gasteiger partial charge < -0.3 is 15.0 Å². The molecule has 0 saturated carbocycles. The molecule has 1 heterocycles. The number of carbonyl (C=O) groups excluding carboxylic acids is 2. The summed E-state index contributed by atoms with van der Waals surface area (Å²) in [6.45, 7) is 3.92. The van der Waals surface area contributed by atoms with E-state index >= 15 is 0 Å². The van der Waals surface area contributed by atoms with Gasteiger partial charge in [0.2, 0.25) is 11.8 Å². The van der Waals surface area contributed by atoms with Crippen LogP contribution in [0.1, 0.15) is 31.7 Å². The van der Waals surface area contributed by atoms with E-state index in [1.807, 2.05) is 29.2 Å². The number of hydrogen-bond acceptors (Lipinski definition) is 3. The summed E-state index contributed by atoms with van der Waals surface area (Å²) in [5.41, 5.74) is 1.06. The molecule has 5 nitrogen and oxygen atoms in total. The highest BCUT2D eigenvalue weighted by atomic mass is 16.5. The molecule has 23 heavy (non-hydrogen) atoms. The summed E-state index contributed by atoms with van der Waals surface area (Å²) in [5, 5.41) is 3.02. The van der Waals surface area contributed by atoms with E-state index in [1.54, 1.807) is 14.0 Å². The maximum atomic E-state index is 12.0. The molecule has 0 radical (unpaired) electrons. The van der Waals surface area contributed by atoms with Gasteiger partial charge in [0.05, 0.1) is 7.11 Å². The largest absolute Gasteiger partial charge is 0.496 e. The van der Waals surface area contributed by atoms with Gasteiger partial charge in [-0.25, -0.2) is 0 Å². The second-order valence-corrected chi connectivity index (χ2v) is 6.07. The first-order valence-corrected chi connectivity index (χ1v) is 8.24. The molecule has 1 aromatic rings. The molecule has 2 rings (SSSR count). The number of aryl methyl sites for hydroxylation is 1. The lowest BCUT2D eigenvalue weighted by atomic mass is 9.96. The lowest BCUT2D eigenvalue weighted by Gasteiger charge is -2.31. The molecule has 0 aromatic heterocycles. The SMILES string of the molecule is COc1ccccc1CCC(=O)NCC1CCN(C(C)=O)CC1. The molecule has 0 unspecified atom stereocenters. The summed E-state index contributed by atoms with van der Waals surface area (Å²) < 4.78 is 5.30. The van der Waals surface area contributed by atoms with E-state index in [4.69, 9.17) is 4.74 Å². The Morgan fingerprint density at radius 1 is 1.26 bits per heavy atom. The Kier molecular flexibility index (Phi) is 6.44. The minimum atomic E-state index is 0.0740. The van der Waals surface area contributed by atoms with Gasteiger partial charge in [0.15, 0.2) is 0 Å². The average molecular weight is 318 g/mol. The van der Waals surface area contributed by atoms with E-state index in [-0.39, 0.29) is 11.8 Å². The minimum absolute atomic E-state index is 0.0740. The number of carbonyl (C=O) groups is 2. The number of methoxy groups -OCH3 is 1. The van der Waals surface area contributed by atoms with Crippen molar-refractivity contribution in [1.82, 2.24) is 10.2 Å². The molecule has 1 aliphatic rings. The van der Waals surface area contributed by atoms with Gasteiger partial charge in [-0.15, -0.1) is 0 Å². The van der Waals surface area contributed by atoms with Crippen molar-refractivity contribution in [3.63, 3.8) is 0 Å². The van der Waals surface area contributed by atoms with Crippen LogP contribution in [0.3, 0.4) is 0 Å². The molecule has 0 aliphatic carbocycles. The van der Waals surface area contributed by atoms with E-state index in [0.717, 1.165) is 37.2 Å². The van der Waals surface area contributed by atoms with Gasteiger partial charge in [-0.2, -0.15) is 0 Å². The third-order valence-corrected chi connectivity index (χ3v) is 4.46. The maximum absolute atomic E-state index is 12.0. The van der Waals surface area contributed by atoms with Crippen LogP contribution in [0.25, 0.3) is 0 Å². The van der Waals surface area contributed by atoms with Crippen LogP contribution in [0.15, 0.2) is 24.3 Å². The molecule has 0 spiro atoms. The van der Waals surface area contributed by atoms with Crippen molar-refractivity contribution in [2.45, 2.75) is 32.6 Å². The summed E-state index contributed by atoms with van der Waals surface area (Å²) in [4.78, 5) is 25.2. The lowest BCUT2D eigenvalue weighted by molar-refractivity contribution is -0.130. The molecule has 0 atom stereocenters. The molecule has 1 aliphatic heterocycles.